The number of carbonyl (C=O) groups is 1. The lowest BCUT2D eigenvalue weighted by atomic mass is 10.1. The van der Waals surface area contributed by atoms with Gasteiger partial charge in [0.15, 0.2) is 0 Å². The molecule has 88 valence electrons. The minimum atomic E-state index is 0.0826. The quantitative estimate of drug-likeness (QED) is 0.823. The molecule has 1 amide bonds. The van der Waals surface area contributed by atoms with E-state index in [0.29, 0.717) is 17.4 Å². The fourth-order valence-electron chi connectivity index (χ4n) is 1.37. The lowest BCUT2D eigenvalue weighted by molar-refractivity contribution is -0.119. The molecule has 2 nitrogen and oxygen atoms in total. The maximum atomic E-state index is 11.8. The van der Waals surface area contributed by atoms with Crippen molar-refractivity contribution in [1.29, 1.82) is 0 Å². The number of halogens is 2. The third-order valence-electron chi connectivity index (χ3n) is 2.23. The molecule has 4 heteroatoms. The van der Waals surface area contributed by atoms with E-state index in [1.807, 2.05) is 26.0 Å². The fourth-order valence-corrected chi connectivity index (χ4v) is 2.17. The van der Waals surface area contributed by atoms with Crippen molar-refractivity contribution in [3.8, 4) is 0 Å². The zero-order valence-electron chi connectivity index (χ0n) is 9.63. The molecule has 1 aromatic carbocycles. The number of hydrogen-bond acceptors (Lipinski definition) is 1. The van der Waals surface area contributed by atoms with Gasteiger partial charge in [0.2, 0.25) is 5.91 Å². The number of benzene rings is 1. The minimum Gasteiger partial charge on any atom is -0.314 e. The maximum Gasteiger partial charge on any atom is 0.227 e. The van der Waals surface area contributed by atoms with E-state index in [1.54, 1.807) is 18.0 Å². The summed E-state index contributed by atoms with van der Waals surface area (Å²) in [5.74, 6) is 0.434. The highest BCUT2D eigenvalue weighted by atomic mass is 79.9. The zero-order chi connectivity index (χ0) is 12.3. The van der Waals surface area contributed by atoms with Gasteiger partial charge in [0.05, 0.1) is 10.7 Å². The molecule has 0 saturated carbocycles. The van der Waals surface area contributed by atoms with Gasteiger partial charge < -0.3 is 4.90 Å². The molecular formula is C12H15BrClNO. The number of anilines is 1. The summed E-state index contributed by atoms with van der Waals surface area (Å²) in [5.41, 5.74) is 0.746. The summed E-state index contributed by atoms with van der Waals surface area (Å²) in [6.07, 6.45) is 0.531. The second-order valence-corrected chi connectivity index (χ2v) is 5.47. The highest BCUT2D eigenvalue weighted by Gasteiger charge is 2.14. The molecule has 0 aliphatic carbocycles. The molecule has 0 bridgehead atoms. The molecule has 1 aromatic rings. The molecule has 0 radical (unpaired) electrons. The van der Waals surface area contributed by atoms with E-state index in [9.17, 15) is 4.79 Å². The van der Waals surface area contributed by atoms with Crippen LogP contribution in [0.2, 0.25) is 5.02 Å². The van der Waals surface area contributed by atoms with Crippen LogP contribution in [-0.2, 0) is 4.79 Å². The van der Waals surface area contributed by atoms with Gasteiger partial charge in [-0.1, -0.05) is 41.4 Å². The predicted octanol–water partition coefficient (Wildman–Crippen LogP) is 4.11. The first-order chi connectivity index (χ1) is 7.41. The standard InChI is InChI=1S/C12H15BrClNO/c1-8(2)6-12(16)15(3)11-5-4-9(13)7-10(11)14/h4-5,7-8H,6H2,1-3H3. The average Bonchev–Trinajstić information content (AvgIpc) is 2.15. The Morgan fingerprint density at radius 1 is 1.50 bits per heavy atom. The van der Waals surface area contributed by atoms with Crippen molar-refractivity contribution in [1.82, 2.24) is 0 Å². The third kappa shape index (κ3) is 3.49. The second kappa shape index (κ2) is 5.69. The highest BCUT2D eigenvalue weighted by Crippen LogP contribution is 2.28. The normalized spacial score (nSPS) is 10.6. The molecular weight excluding hydrogens is 289 g/mol. The second-order valence-electron chi connectivity index (χ2n) is 4.15. The largest absolute Gasteiger partial charge is 0.314 e. The number of amides is 1. The van der Waals surface area contributed by atoms with Gasteiger partial charge >= 0.3 is 0 Å². The number of nitrogens with zero attached hydrogens (tertiary/aromatic N) is 1. The zero-order valence-corrected chi connectivity index (χ0v) is 12.0. The monoisotopic (exact) mass is 303 g/mol. The molecule has 0 N–H and O–H groups in total. The molecule has 0 unspecified atom stereocenters. The van der Waals surface area contributed by atoms with Crippen molar-refractivity contribution in [3.63, 3.8) is 0 Å². The molecule has 0 aromatic heterocycles. The molecule has 0 atom stereocenters. The van der Waals surface area contributed by atoms with Gasteiger partial charge in [-0.2, -0.15) is 0 Å². The van der Waals surface area contributed by atoms with Crippen LogP contribution in [0.25, 0.3) is 0 Å². The summed E-state index contributed by atoms with van der Waals surface area (Å²) in [6, 6.07) is 5.50. The van der Waals surface area contributed by atoms with Crippen LogP contribution < -0.4 is 4.90 Å². The van der Waals surface area contributed by atoms with E-state index in [0.717, 1.165) is 10.2 Å². The molecule has 0 aliphatic heterocycles. The highest BCUT2D eigenvalue weighted by molar-refractivity contribution is 9.10. The van der Waals surface area contributed by atoms with E-state index in [2.05, 4.69) is 15.9 Å². The summed E-state index contributed by atoms with van der Waals surface area (Å²) >= 11 is 9.42. The Labute approximate surface area is 110 Å². The van der Waals surface area contributed by atoms with Crippen LogP contribution in [0.5, 0.6) is 0 Å². The van der Waals surface area contributed by atoms with Crippen molar-refractivity contribution >= 4 is 39.1 Å². The Hall–Kier alpha value is -0.540. The molecule has 16 heavy (non-hydrogen) atoms. The number of rotatable bonds is 3. The summed E-state index contributed by atoms with van der Waals surface area (Å²) in [7, 11) is 1.75. The average molecular weight is 305 g/mol. The lowest BCUT2D eigenvalue weighted by Crippen LogP contribution is -2.27. The van der Waals surface area contributed by atoms with E-state index < -0.39 is 0 Å². The van der Waals surface area contributed by atoms with E-state index in [1.165, 1.54) is 0 Å². The Morgan fingerprint density at radius 3 is 2.62 bits per heavy atom. The summed E-state index contributed by atoms with van der Waals surface area (Å²) in [5, 5.41) is 0.578. The van der Waals surface area contributed by atoms with E-state index >= 15 is 0 Å². The molecule has 0 fully saturated rings. The van der Waals surface area contributed by atoms with Gasteiger partial charge in [-0.05, 0) is 24.1 Å². The fraction of sp³-hybridized carbons (Fsp3) is 0.417. The van der Waals surface area contributed by atoms with Crippen LogP contribution in [-0.4, -0.2) is 13.0 Å². The maximum absolute atomic E-state index is 11.8. The molecule has 0 aliphatic rings. The topological polar surface area (TPSA) is 20.3 Å². The van der Waals surface area contributed by atoms with Gasteiger partial charge in [-0.25, -0.2) is 0 Å². The third-order valence-corrected chi connectivity index (χ3v) is 3.02. The van der Waals surface area contributed by atoms with Gasteiger partial charge in [0.1, 0.15) is 0 Å². The summed E-state index contributed by atoms with van der Waals surface area (Å²) < 4.78 is 0.908. The van der Waals surface area contributed by atoms with Crippen molar-refractivity contribution in [2.24, 2.45) is 5.92 Å². The molecule has 1 rings (SSSR count). The SMILES string of the molecule is CC(C)CC(=O)N(C)c1ccc(Br)cc1Cl. The Balaban J connectivity index is 2.87. The van der Waals surface area contributed by atoms with Crippen LogP contribution in [0.3, 0.4) is 0 Å². The van der Waals surface area contributed by atoms with Crippen molar-refractivity contribution < 1.29 is 4.79 Å². The number of carbonyl (C=O) groups excluding carboxylic acids is 1. The van der Waals surface area contributed by atoms with E-state index in [4.69, 9.17) is 11.6 Å². The van der Waals surface area contributed by atoms with Gasteiger partial charge in [-0.15, -0.1) is 0 Å². The van der Waals surface area contributed by atoms with Gasteiger partial charge in [0.25, 0.3) is 0 Å². The van der Waals surface area contributed by atoms with Crippen LogP contribution in [0.4, 0.5) is 5.69 Å². The summed E-state index contributed by atoms with van der Waals surface area (Å²) in [4.78, 5) is 13.5. The van der Waals surface area contributed by atoms with Gasteiger partial charge in [-0.3, -0.25) is 4.79 Å². The van der Waals surface area contributed by atoms with Gasteiger partial charge in [0, 0.05) is 17.9 Å². The van der Waals surface area contributed by atoms with Crippen molar-refractivity contribution in [3.05, 3.63) is 27.7 Å². The van der Waals surface area contributed by atoms with Crippen LogP contribution in [0.15, 0.2) is 22.7 Å². The Morgan fingerprint density at radius 2 is 2.12 bits per heavy atom. The Kier molecular flexibility index (Phi) is 4.81. The van der Waals surface area contributed by atoms with Crippen molar-refractivity contribution in [2.45, 2.75) is 20.3 Å². The van der Waals surface area contributed by atoms with Crippen LogP contribution in [0.1, 0.15) is 20.3 Å². The first-order valence-electron chi connectivity index (χ1n) is 5.13. The predicted molar refractivity (Wildman–Crippen MR) is 72.0 cm³/mol. The number of hydrogen-bond donors (Lipinski definition) is 0. The van der Waals surface area contributed by atoms with Crippen LogP contribution >= 0.6 is 27.5 Å². The smallest absolute Gasteiger partial charge is 0.227 e. The molecule has 0 saturated heterocycles. The first kappa shape index (κ1) is 13.5. The van der Waals surface area contributed by atoms with Crippen LogP contribution in [0, 0.1) is 5.92 Å². The first-order valence-corrected chi connectivity index (χ1v) is 6.30. The van der Waals surface area contributed by atoms with Crippen molar-refractivity contribution in [2.75, 3.05) is 11.9 Å². The Bertz CT molecular complexity index is 393. The van der Waals surface area contributed by atoms with E-state index in [-0.39, 0.29) is 5.91 Å². The lowest BCUT2D eigenvalue weighted by Gasteiger charge is -2.19. The summed E-state index contributed by atoms with van der Waals surface area (Å²) in [6.45, 7) is 4.05. The molecule has 0 spiro atoms. The minimum absolute atomic E-state index is 0.0826. The molecule has 0 heterocycles.